The Kier molecular flexibility index (Phi) is 7.36. The van der Waals surface area contributed by atoms with Crippen molar-refractivity contribution in [2.45, 2.75) is 31.2 Å². The van der Waals surface area contributed by atoms with Crippen molar-refractivity contribution in [2.24, 2.45) is 0 Å². The maximum Gasteiger partial charge on any atom is 0.407 e. The van der Waals surface area contributed by atoms with E-state index in [-0.39, 0.29) is 12.5 Å². The first-order valence-electron chi connectivity index (χ1n) is 12.7. The summed E-state index contributed by atoms with van der Waals surface area (Å²) in [5.74, 6) is -1.13. The standard InChI is InChI=1S/C31H30N2O4/c34-30(35)29(17-7-8-19-32-28-18-9-11-21-10-1-2-12-22(21)28)33-31(36)37-20-27-25-15-5-3-13-23(25)24-14-4-6-16-26(24)27/h1-6,9-16,18,27,29,32H,7-8,17,19-20H2,(H,33,36)(H,34,35)/t29-/m0/s1. The molecule has 1 amide bonds. The number of amides is 1. The van der Waals surface area contributed by atoms with Crippen molar-refractivity contribution in [1.29, 1.82) is 0 Å². The number of hydrogen-bond donors (Lipinski definition) is 3. The molecule has 3 N–H and O–H groups in total. The Balaban J connectivity index is 1.10. The van der Waals surface area contributed by atoms with Gasteiger partial charge in [0.25, 0.3) is 0 Å². The third-order valence-electron chi connectivity index (χ3n) is 6.96. The van der Waals surface area contributed by atoms with Gasteiger partial charge in [-0.15, -0.1) is 0 Å². The van der Waals surface area contributed by atoms with E-state index >= 15 is 0 Å². The minimum absolute atomic E-state index is 0.0680. The lowest BCUT2D eigenvalue weighted by atomic mass is 9.98. The average Bonchev–Trinajstić information content (AvgIpc) is 3.24. The number of alkyl carbamates (subject to hydrolysis) is 1. The summed E-state index contributed by atoms with van der Waals surface area (Å²) in [6, 6.07) is 29.5. The number of fused-ring (bicyclic) bond motifs is 4. The highest BCUT2D eigenvalue weighted by Crippen LogP contribution is 2.44. The highest BCUT2D eigenvalue weighted by atomic mass is 16.5. The molecule has 0 heterocycles. The number of benzene rings is 4. The third-order valence-corrected chi connectivity index (χ3v) is 6.96. The molecule has 188 valence electrons. The lowest BCUT2D eigenvalue weighted by Crippen LogP contribution is -2.41. The van der Waals surface area contributed by atoms with Crippen LogP contribution in [0.3, 0.4) is 0 Å². The van der Waals surface area contributed by atoms with Crippen LogP contribution in [0.25, 0.3) is 21.9 Å². The molecule has 5 rings (SSSR count). The van der Waals surface area contributed by atoms with Gasteiger partial charge in [0.15, 0.2) is 0 Å². The summed E-state index contributed by atoms with van der Waals surface area (Å²) in [7, 11) is 0. The zero-order valence-electron chi connectivity index (χ0n) is 20.5. The Morgan fingerprint density at radius 3 is 2.19 bits per heavy atom. The zero-order valence-corrected chi connectivity index (χ0v) is 20.5. The summed E-state index contributed by atoms with van der Waals surface area (Å²) in [6.45, 7) is 0.868. The van der Waals surface area contributed by atoms with Crippen LogP contribution in [0.15, 0.2) is 91.0 Å². The molecule has 0 aromatic heterocycles. The van der Waals surface area contributed by atoms with Crippen LogP contribution in [-0.2, 0) is 9.53 Å². The molecule has 0 saturated heterocycles. The van der Waals surface area contributed by atoms with E-state index in [2.05, 4.69) is 41.0 Å². The van der Waals surface area contributed by atoms with Gasteiger partial charge in [-0.25, -0.2) is 9.59 Å². The Labute approximate surface area is 216 Å². The fourth-order valence-corrected chi connectivity index (χ4v) is 5.12. The van der Waals surface area contributed by atoms with Gasteiger partial charge in [0.1, 0.15) is 12.6 Å². The smallest absolute Gasteiger partial charge is 0.407 e. The predicted molar refractivity (Wildman–Crippen MR) is 146 cm³/mol. The maximum absolute atomic E-state index is 12.5. The van der Waals surface area contributed by atoms with Gasteiger partial charge in [0, 0.05) is 23.5 Å². The number of anilines is 1. The van der Waals surface area contributed by atoms with E-state index in [1.54, 1.807) is 0 Å². The van der Waals surface area contributed by atoms with Crippen molar-refractivity contribution in [1.82, 2.24) is 5.32 Å². The highest BCUT2D eigenvalue weighted by molar-refractivity contribution is 5.93. The van der Waals surface area contributed by atoms with Crippen LogP contribution < -0.4 is 10.6 Å². The maximum atomic E-state index is 12.5. The summed E-state index contributed by atoms with van der Waals surface area (Å²) in [6.07, 6.45) is 1.05. The van der Waals surface area contributed by atoms with Crippen LogP contribution in [-0.4, -0.2) is 36.4 Å². The van der Waals surface area contributed by atoms with Gasteiger partial charge in [0.2, 0.25) is 0 Å². The van der Waals surface area contributed by atoms with Crippen LogP contribution in [0.2, 0.25) is 0 Å². The molecule has 0 aliphatic heterocycles. The number of aliphatic carboxylic acids is 1. The van der Waals surface area contributed by atoms with Crippen LogP contribution in [0.1, 0.15) is 36.3 Å². The third kappa shape index (κ3) is 5.43. The van der Waals surface area contributed by atoms with Crippen molar-refractivity contribution in [3.8, 4) is 11.1 Å². The van der Waals surface area contributed by atoms with Crippen LogP contribution in [0.4, 0.5) is 10.5 Å². The Morgan fingerprint density at radius 2 is 1.46 bits per heavy atom. The molecular formula is C31H30N2O4. The minimum atomic E-state index is -1.06. The number of carbonyl (C=O) groups is 2. The zero-order chi connectivity index (χ0) is 25.6. The second kappa shape index (κ2) is 11.2. The Hall–Kier alpha value is -4.32. The molecule has 6 heteroatoms. The molecular weight excluding hydrogens is 464 g/mol. The molecule has 1 aliphatic rings. The van der Waals surface area contributed by atoms with Crippen molar-refractivity contribution in [3.05, 3.63) is 102 Å². The second-order valence-corrected chi connectivity index (χ2v) is 9.31. The number of ether oxygens (including phenoxy) is 1. The number of nitrogens with one attached hydrogen (secondary N) is 2. The molecule has 1 atom stereocenters. The molecule has 0 radical (unpaired) electrons. The van der Waals surface area contributed by atoms with Crippen molar-refractivity contribution < 1.29 is 19.4 Å². The monoisotopic (exact) mass is 494 g/mol. The number of hydrogen-bond acceptors (Lipinski definition) is 4. The molecule has 1 aliphatic carbocycles. The van der Waals surface area contributed by atoms with E-state index in [1.807, 2.05) is 60.7 Å². The highest BCUT2D eigenvalue weighted by Gasteiger charge is 2.29. The first kappa shape index (κ1) is 24.4. The summed E-state index contributed by atoms with van der Waals surface area (Å²) in [5, 5.41) is 17.9. The lowest BCUT2D eigenvalue weighted by Gasteiger charge is -2.17. The second-order valence-electron chi connectivity index (χ2n) is 9.31. The SMILES string of the molecule is O=C(N[C@@H](CCCCNc1cccc2ccccc12)C(=O)O)OCC1c2ccccc2-c2ccccc21. The summed E-state index contributed by atoms with van der Waals surface area (Å²) < 4.78 is 5.52. The fraction of sp³-hybridized carbons (Fsp3) is 0.226. The fourth-order valence-electron chi connectivity index (χ4n) is 5.12. The van der Waals surface area contributed by atoms with Gasteiger partial charge in [-0.1, -0.05) is 84.9 Å². The van der Waals surface area contributed by atoms with E-state index in [0.29, 0.717) is 19.4 Å². The molecule has 4 aromatic rings. The van der Waals surface area contributed by atoms with Crippen molar-refractivity contribution in [3.63, 3.8) is 0 Å². The molecule has 0 bridgehead atoms. The minimum Gasteiger partial charge on any atom is -0.480 e. The molecule has 0 saturated carbocycles. The molecule has 37 heavy (non-hydrogen) atoms. The molecule has 4 aromatic carbocycles. The molecule has 0 fully saturated rings. The first-order valence-corrected chi connectivity index (χ1v) is 12.7. The molecule has 6 nitrogen and oxygen atoms in total. The van der Waals surface area contributed by atoms with Crippen molar-refractivity contribution >= 4 is 28.5 Å². The van der Waals surface area contributed by atoms with Crippen LogP contribution >= 0.6 is 0 Å². The normalized spacial score (nSPS) is 13.0. The van der Waals surface area contributed by atoms with Gasteiger partial charge >= 0.3 is 12.1 Å². The lowest BCUT2D eigenvalue weighted by molar-refractivity contribution is -0.139. The van der Waals surface area contributed by atoms with Gasteiger partial charge in [0.05, 0.1) is 0 Å². The average molecular weight is 495 g/mol. The van der Waals surface area contributed by atoms with E-state index in [0.717, 1.165) is 39.7 Å². The summed E-state index contributed by atoms with van der Waals surface area (Å²) in [5.41, 5.74) is 5.58. The number of unbranched alkanes of at least 4 members (excludes halogenated alkanes) is 1. The molecule has 0 spiro atoms. The summed E-state index contributed by atoms with van der Waals surface area (Å²) in [4.78, 5) is 24.3. The Morgan fingerprint density at radius 1 is 0.811 bits per heavy atom. The summed E-state index contributed by atoms with van der Waals surface area (Å²) >= 11 is 0. The van der Waals surface area contributed by atoms with Gasteiger partial charge in [-0.3, -0.25) is 0 Å². The largest absolute Gasteiger partial charge is 0.480 e. The number of carbonyl (C=O) groups excluding carboxylic acids is 1. The van der Waals surface area contributed by atoms with E-state index in [4.69, 9.17) is 4.74 Å². The van der Waals surface area contributed by atoms with Crippen LogP contribution in [0.5, 0.6) is 0 Å². The topological polar surface area (TPSA) is 87.7 Å². The van der Waals surface area contributed by atoms with E-state index < -0.39 is 18.1 Å². The number of carboxylic acids is 1. The van der Waals surface area contributed by atoms with Gasteiger partial charge in [-0.2, -0.15) is 0 Å². The molecule has 0 unspecified atom stereocenters. The number of rotatable bonds is 10. The first-order chi connectivity index (χ1) is 18.1. The van der Waals surface area contributed by atoms with E-state index in [1.165, 1.54) is 5.39 Å². The van der Waals surface area contributed by atoms with Crippen molar-refractivity contribution in [2.75, 3.05) is 18.5 Å². The van der Waals surface area contributed by atoms with Gasteiger partial charge < -0.3 is 20.5 Å². The van der Waals surface area contributed by atoms with E-state index in [9.17, 15) is 14.7 Å². The van der Waals surface area contributed by atoms with Crippen LogP contribution in [0, 0.1) is 0 Å². The van der Waals surface area contributed by atoms with Gasteiger partial charge in [-0.05, 0) is 53.0 Å². The number of carboxylic acid groups (broad SMARTS) is 1. The quantitative estimate of drug-likeness (QED) is 0.222. The predicted octanol–water partition coefficient (Wildman–Crippen LogP) is 6.41. The Bertz CT molecular complexity index is 1370.